The molecule has 7 heteroatoms. The molecule has 0 aliphatic carbocycles. The Morgan fingerprint density at radius 2 is 1.90 bits per heavy atom. The van der Waals surface area contributed by atoms with Crippen LogP contribution in [0.1, 0.15) is 31.7 Å². The fraction of sp³-hybridized carbons (Fsp3) is 0.538. The van der Waals surface area contributed by atoms with Gasteiger partial charge in [0.2, 0.25) is 0 Å². The van der Waals surface area contributed by atoms with Crippen molar-refractivity contribution in [3.05, 3.63) is 24.0 Å². The molecule has 0 aliphatic heterocycles. The van der Waals surface area contributed by atoms with Crippen LogP contribution in [0.3, 0.4) is 0 Å². The van der Waals surface area contributed by atoms with Crippen molar-refractivity contribution in [2.24, 2.45) is 7.05 Å². The minimum atomic E-state index is 0.591. The number of hydrogen-bond acceptors (Lipinski definition) is 6. The van der Waals surface area contributed by atoms with Crippen molar-refractivity contribution in [3.63, 3.8) is 0 Å². The van der Waals surface area contributed by atoms with Gasteiger partial charge in [0.25, 0.3) is 0 Å². The van der Waals surface area contributed by atoms with Crippen LogP contribution >= 0.6 is 0 Å². The molecular formula is C13H21N7. The van der Waals surface area contributed by atoms with Crippen LogP contribution < -0.4 is 10.6 Å². The Morgan fingerprint density at radius 3 is 2.50 bits per heavy atom. The minimum absolute atomic E-state index is 0.591. The van der Waals surface area contributed by atoms with E-state index < -0.39 is 0 Å². The number of aryl methyl sites for hydroxylation is 1. The zero-order chi connectivity index (χ0) is 14.4. The SMILES string of the molecule is CCCNc1ncnc(NCc2nncn2C)c1CC. The van der Waals surface area contributed by atoms with Gasteiger partial charge in [0, 0.05) is 19.2 Å². The first kappa shape index (κ1) is 14.2. The summed E-state index contributed by atoms with van der Waals surface area (Å²) in [6.07, 6.45) is 5.20. The molecule has 0 amide bonds. The van der Waals surface area contributed by atoms with Gasteiger partial charge in [-0.15, -0.1) is 10.2 Å². The highest BCUT2D eigenvalue weighted by molar-refractivity contribution is 5.57. The topological polar surface area (TPSA) is 80.6 Å². The van der Waals surface area contributed by atoms with Crippen molar-refractivity contribution >= 4 is 11.6 Å². The summed E-state index contributed by atoms with van der Waals surface area (Å²) in [6.45, 7) is 5.73. The maximum Gasteiger partial charge on any atom is 0.151 e. The second-order valence-electron chi connectivity index (χ2n) is 4.54. The quantitative estimate of drug-likeness (QED) is 0.799. The number of hydrogen-bond donors (Lipinski definition) is 2. The van der Waals surface area contributed by atoms with E-state index in [-0.39, 0.29) is 0 Å². The van der Waals surface area contributed by atoms with Gasteiger partial charge in [-0.25, -0.2) is 9.97 Å². The normalized spacial score (nSPS) is 10.6. The van der Waals surface area contributed by atoms with E-state index in [1.54, 1.807) is 12.7 Å². The van der Waals surface area contributed by atoms with Crippen molar-refractivity contribution in [2.45, 2.75) is 33.2 Å². The molecule has 0 bridgehead atoms. The third-order valence-corrected chi connectivity index (χ3v) is 3.06. The predicted molar refractivity (Wildman–Crippen MR) is 78.5 cm³/mol. The van der Waals surface area contributed by atoms with Gasteiger partial charge >= 0.3 is 0 Å². The average molecular weight is 275 g/mol. The Hall–Kier alpha value is -2.18. The molecular weight excluding hydrogens is 254 g/mol. The van der Waals surface area contributed by atoms with Crippen molar-refractivity contribution in [1.82, 2.24) is 24.7 Å². The predicted octanol–water partition coefficient (Wildman–Crippen LogP) is 1.60. The van der Waals surface area contributed by atoms with Gasteiger partial charge < -0.3 is 15.2 Å². The first-order valence-corrected chi connectivity index (χ1v) is 6.90. The average Bonchev–Trinajstić information content (AvgIpc) is 2.88. The van der Waals surface area contributed by atoms with Crippen LogP contribution in [-0.2, 0) is 20.0 Å². The summed E-state index contributed by atoms with van der Waals surface area (Å²) in [6, 6.07) is 0. The van der Waals surface area contributed by atoms with E-state index in [9.17, 15) is 0 Å². The molecule has 108 valence electrons. The number of rotatable bonds is 7. The molecule has 0 aromatic carbocycles. The lowest BCUT2D eigenvalue weighted by atomic mass is 10.2. The van der Waals surface area contributed by atoms with Gasteiger partial charge in [-0.1, -0.05) is 13.8 Å². The van der Waals surface area contributed by atoms with Crippen LogP contribution in [-0.4, -0.2) is 31.3 Å². The van der Waals surface area contributed by atoms with Gasteiger partial charge in [-0.2, -0.15) is 0 Å². The second kappa shape index (κ2) is 6.83. The number of nitrogens with one attached hydrogen (secondary N) is 2. The van der Waals surface area contributed by atoms with E-state index in [1.165, 1.54) is 0 Å². The zero-order valence-corrected chi connectivity index (χ0v) is 12.2. The molecule has 2 aromatic heterocycles. The summed E-state index contributed by atoms with van der Waals surface area (Å²) in [5, 5.41) is 14.6. The lowest BCUT2D eigenvalue weighted by Crippen LogP contribution is -2.12. The van der Waals surface area contributed by atoms with E-state index in [1.807, 2.05) is 11.6 Å². The molecule has 0 aliphatic rings. The summed E-state index contributed by atoms with van der Waals surface area (Å²) in [5.74, 6) is 2.63. The van der Waals surface area contributed by atoms with Crippen molar-refractivity contribution in [2.75, 3.05) is 17.2 Å². The Bertz CT molecular complexity index is 549. The molecule has 2 heterocycles. The van der Waals surface area contributed by atoms with E-state index in [4.69, 9.17) is 0 Å². The number of nitrogens with zero attached hydrogens (tertiary/aromatic N) is 5. The van der Waals surface area contributed by atoms with Gasteiger partial charge in [-0.05, 0) is 12.8 Å². The fourth-order valence-electron chi connectivity index (χ4n) is 1.93. The minimum Gasteiger partial charge on any atom is -0.370 e. The van der Waals surface area contributed by atoms with E-state index in [2.05, 4.69) is 44.6 Å². The van der Waals surface area contributed by atoms with Crippen LogP contribution in [0.15, 0.2) is 12.7 Å². The van der Waals surface area contributed by atoms with E-state index in [0.717, 1.165) is 42.4 Å². The Balaban J connectivity index is 2.12. The van der Waals surface area contributed by atoms with Gasteiger partial charge in [0.05, 0.1) is 6.54 Å². The summed E-state index contributed by atoms with van der Waals surface area (Å²) < 4.78 is 1.88. The lowest BCUT2D eigenvalue weighted by molar-refractivity contribution is 0.808. The van der Waals surface area contributed by atoms with Gasteiger partial charge in [-0.3, -0.25) is 0 Å². The van der Waals surface area contributed by atoms with Crippen molar-refractivity contribution < 1.29 is 0 Å². The largest absolute Gasteiger partial charge is 0.370 e. The van der Waals surface area contributed by atoms with E-state index >= 15 is 0 Å². The molecule has 2 aromatic rings. The molecule has 0 unspecified atom stereocenters. The van der Waals surface area contributed by atoms with Crippen molar-refractivity contribution in [3.8, 4) is 0 Å². The first-order valence-electron chi connectivity index (χ1n) is 6.90. The molecule has 0 fully saturated rings. The molecule has 0 saturated heterocycles. The van der Waals surface area contributed by atoms with Crippen LogP contribution in [0.2, 0.25) is 0 Å². The number of anilines is 2. The molecule has 2 N–H and O–H groups in total. The Morgan fingerprint density at radius 1 is 1.15 bits per heavy atom. The highest BCUT2D eigenvalue weighted by Gasteiger charge is 2.10. The third-order valence-electron chi connectivity index (χ3n) is 3.06. The van der Waals surface area contributed by atoms with Crippen LogP contribution in [0, 0.1) is 0 Å². The van der Waals surface area contributed by atoms with Crippen LogP contribution in [0.25, 0.3) is 0 Å². The molecule has 0 radical (unpaired) electrons. The molecule has 0 saturated carbocycles. The summed E-state index contributed by atoms with van der Waals surface area (Å²) in [4.78, 5) is 8.64. The first-order chi connectivity index (χ1) is 9.76. The molecule has 2 rings (SSSR count). The highest BCUT2D eigenvalue weighted by Crippen LogP contribution is 2.20. The van der Waals surface area contributed by atoms with Gasteiger partial charge in [0.15, 0.2) is 5.82 Å². The number of aromatic nitrogens is 5. The molecule has 0 spiro atoms. The molecule has 0 atom stereocenters. The second-order valence-corrected chi connectivity index (χ2v) is 4.54. The summed E-state index contributed by atoms with van der Waals surface area (Å²) in [5.41, 5.74) is 1.10. The van der Waals surface area contributed by atoms with Gasteiger partial charge in [0.1, 0.15) is 24.3 Å². The van der Waals surface area contributed by atoms with Crippen molar-refractivity contribution in [1.29, 1.82) is 0 Å². The summed E-state index contributed by atoms with van der Waals surface area (Å²) in [7, 11) is 1.92. The smallest absolute Gasteiger partial charge is 0.151 e. The summed E-state index contributed by atoms with van der Waals surface area (Å²) >= 11 is 0. The Labute approximate surface area is 118 Å². The third kappa shape index (κ3) is 3.23. The maximum absolute atomic E-state index is 4.33. The lowest BCUT2D eigenvalue weighted by Gasteiger charge is -2.13. The maximum atomic E-state index is 4.33. The molecule has 7 nitrogen and oxygen atoms in total. The van der Waals surface area contributed by atoms with E-state index in [0.29, 0.717) is 6.54 Å². The van der Waals surface area contributed by atoms with Crippen LogP contribution in [0.5, 0.6) is 0 Å². The molecule has 20 heavy (non-hydrogen) atoms. The zero-order valence-electron chi connectivity index (χ0n) is 12.2. The monoisotopic (exact) mass is 275 g/mol. The van der Waals surface area contributed by atoms with Crippen LogP contribution in [0.4, 0.5) is 11.6 Å². The highest BCUT2D eigenvalue weighted by atomic mass is 15.3. The Kier molecular flexibility index (Phi) is 4.86. The standard InChI is InChI=1S/C13H21N7/c1-4-6-14-12-10(5-2)13(17-8-16-12)15-7-11-19-18-9-20(11)3/h8-9H,4-7H2,1-3H3,(H2,14,15,16,17). The fourth-order valence-corrected chi connectivity index (χ4v) is 1.93.